The molecule has 0 aromatic rings. The summed E-state index contributed by atoms with van der Waals surface area (Å²) in [7, 11) is 0. The van der Waals surface area contributed by atoms with E-state index in [-0.39, 0.29) is 6.10 Å². The fourth-order valence-corrected chi connectivity index (χ4v) is 3.43. The Morgan fingerprint density at radius 2 is 1.53 bits per heavy atom. The van der Waals surface area contributed by atoms with Crippen molar-refractivity contribution in [1.82, 2.24) is 0 Å². The van der Waals surface area contributed by atoms with E-state index in [1.807, 2.05) is 0 Å². The van der Waals surface area contributed by atoms with Crippen molar-refractivity contribution in [3.05, 3.63) is 0 Å². The van der Waals surface area contributed by atoms with Gasteiger partial charge in [0.1, 0.15) is 0 Å². The zero-order chi connectivity index (χ0) is 11.3. The molecule has 1 saturated carbocycles. The SMILES string of the molecule is CC1(C)C(C(O)C2CCOCC2)C1(C)C. The predicted molar refractivity (Wildman–Crippen MR) is 60.6 cm³/mol. The molecule has 2 aliphatic rings. The monoisotopic (exact) mass is 212 g/mol. The van der Waals surface area contributed by atoms with Crippen LogP contribution in [-0.2, 0) is 4.74 Å². The lowest BCUT2D eigenvalue weighted by atomic mass is 9.88. The molecule has 15 heavy (non-hydrogen) atoms. The maximum Gasteiger partial charge on any atom is 0.0608 e. The van der Waals surface area contributed by atoms with Crippen molar-refractivity contribution >= 4 is 0 Å². The van der Waals surface area contributed by atoms with Crippen LogP contribution in [0.2, 0.25) is 0 Å². The molecule has 0 radical (unpaired) electrons. The summed E-state index contributed by atoms with van der Waals surface area (Å²) in [6.45, 7) is 10.8. The summed E-state index contributed by atoms with van der Waals surface area (Å²) in [5.41, 5.74) is 0.593. The van der Waals surface area contributed by atoms with Gasteiger partial charge in [0, 0.05) is 13.2 Å². The van der Waals surface area contributed by atoms with Gasteiger partial charge in [0.25, 0.3) is 0 Å². The molecule has 88 valence electrons. The molecule has 0 aromatic heterocycles. The highest BCUT2D eigenvalue weighted by molar-refractivity contribution is 5.15. The highest BCUT2D eigenvalue weighted by Crippen LogP contribution is 2.70. The highest BCUT2D eigenvalue weighted by Gasteiger charge is 2.67. The molecule has 1 heterocycles. The maximum atomic E-state index is 10.4. The Hall–Kier alpha value is -0.0800. The van der Waals surface area contributed by atoms with Crippen molar-refractivity contribution in [2.45, 2.75) is 46.6 Å². The summed E-state index contributed by atoms with van der Waals surface area (Å²) in [4.78, 5) is 0. The van der Waals surface area contributed by atoms with E-state index in [1.54, 1.807) is 0 Å². The molecule has 0 aromatic carbocycles. The molecule has 1 aliphatic heterocycles. The fraction of sp³-hybridized carbons (Fsp3) is 1.00. The molecule has 2 heteroatoms. The Morgan fingerprint density at radius 1 is 1.07 bits per heavy atom. The van der Waals surface area contributed by atoms with E-state index < -0.39 is 0 Å². The van der Waals surface area contributed by atoms with Gasteiger partial charge >= 0.3 is 0 Å². The van der Waals surface area contributed by atoms with Crippen molar-refractivity contribution in [2.24, 2.45) is 22.7 Å². The van der Waals surface area contributed by atoms with Crippen LogP contribution in [0.25, 0.3) is 0 Å². The van der Waals surface area contributed by atoms with Crippen LogP contribution in [0.5, 0.6) is 0 Å². The first kappa shape index (κ1) is 11.4. The average molecular weight is 212 g/mol. The van der Waals surface area contributed by atoms with E-state index in [0.29, 0.717) is 22.7 Å². The standard InChI is InChI=1S/C13H24O2/c1-12(2)11(13(12,3)4)10(14)9-5-7-15-8-6-9/h9-11,14H,5-8H2,1-4H3. The first-order valence-corrected chi connectivity index (χ1v) is 6.15. The number of hydrogen-bond donors (Lipinski definition) is 1. The third kappa shape index (κ3) is 1.62. The Kier molecular flexibility index (Phi) is 2.63. The quantitative estimate of drug-likeness (QED) is 0.762. The summed E-state index contributed by atoms with van der Waals surface area (Å²) in [6, 6.07) is 0. The molecule has 2 fully saturated rings. The zero-order valence-corrected chi connectivity index (χ0v) is 10.4. The van der Waals surface area contributed by atoms with Gasteiger partial charge in [-0.3, -0.25) is 0 Å². The van der Waals surface area contributed by atoms with Gasteiger partial charge in [-0.25, -0.2) is 0 Å². The predicted octanol–water partition coefficient (Wildman–Crippen LogP) is 2.46. The number of aliphatic hydroxyl groups is 1. The minimum Gasteiger partial charge on any atom is -0.393 e. The number of ether oxygens (including phenoxy) is 1. The van der Waals surface area contributed by atoms with Crippen LogP contribution in [-0.4, -0.2) is 24.4 Å². The summed E-state index contributed by atoms with van der Waals surface area (Å²) in [6.07, 6.45) is 1.94. The van der Waals surface area contributed by atoms with Crippen LogP contribution in [0, 0.1) is 22.7 Å². The van der Waals surface area contributed by atoms with Gasteiger partial charge in [0.05, 0.1) is 6.10 Å². The Balaban J connectivity index is 2.00. The third-order valence-corrected chi connectivity index (χ3v) is 5.22. The summed E-state index contributed by atoms with van der Waals surface area (Å²) in [5.74, 6) is 0.929. The van der Waals surface area contributed by atoms with Crippen LogP contribution in [0.1, 0.15) is 40.5 Å². The highest BCUT2D eigenvalue weighted by atomic mass is 16.5. The first-order chi connectivity index (χ1) is 6.89. The van der Waals surface area contributed by atoms with Gasteiger partial charge < -0.3 is 9.84 Å². The molecule has 0 spiro atoms. The second kappa shape index (κ2) is 3.46. The Labute approximate surface area is 93.0 Å². The first-order valence-electron chi connectivity index (χ1n) is 6.15. The third-order valence-electron chi connectivity index (χ3n) is 5.22. The van der Waals surface area contributed by atoms with Gasteiger partial charge in [-0.1, -0.05) is 27.7 Å². The summed E-state index contributed by atoms with van der Waals surface area (Å²) < 4.78 is 5.34. The molecule has 1 unspecified atom stereocenters. The lowest BCUT2D eigenvalue weighted by molar-refractivity contribution is -0.00839. The smallest absolute Gasteiger partial charge is 0.0608 e. The second-order valence-electron chi connectivity index (χ2n) is 6.36. The van der Waals surface area contributed by atoms with Gasteiger partial charge in [-0.15, -0.1) is 0 Å². The molecule has 1 saturated heterocycles. The lowest BCUT2D eigenvalue weighted by Gasteiger charge is -2.28. The van der Waals surface area contributed by atoms with Gasteiger partial charge in [0.15, 0.2) is 0 Å². The van der Waals surface area contributed by atoms with E-state index in [0.717, 1.165) is 26.1 Å². The van der Waals surface area contributed by atoms with Crippen LogP contribution in [0.15, 0.2) is 0 Å². The molecule has 2 rings (SSSR count). The average Bonchev–Trinajstić information content (AvgIpc) is 2.58. The van der Waals surface area contributed by atoms with Gasteiger partial charge in [-0.2, -0.15) is 0 Å². The van der Waals surface area contributed by atoms with Crippen molar-refractivity contribution in [3.63, 3.8) is 0 Å². The van der Waals surface area contributed by atoms with Gasteiger partial charge in [-0.05, 0) is 35.5 Å². The summed E-state index contributed by atoms with van der Waals surface area (Å²) in [5, 5.41) is 10.4. The van der Waals surface area contributed by atoms with Crippen molar-refractivity contribution < 1.29 is 9.84 Å². The molecule has 2 nitrogen and oxygen atoms in total. The molecule has 1 N–H and O–H groups in total. The van der Waals surface area contributed by atoms with E-state index in [9.17, 15) is 5.11 Å². The van der Waals surface area contributed by atoms with Gasteiger partial charge in [0.2, 0.25) is 0 Å². The Bertz CT molecular complexity index is 225. The molecule has 1 atom stereocenters. The molecule has 0 amide bonds. The fourth-order valence-electron chi connectivity index (χ4n) is 3.43. The molecule has 0 bridgehead atoms. The topological polar surface area (TPSA) is 29.5 Å². The van der Waals surface area contributed by atoms with Crippen LogP contribution < -0.4 is 0 Å². The molecule has 1 aliphatic carbocycles. The Morgan fingerprint density at radius 3 is 1.93 bits per heavy atom. The van der Waals surface area contributed by atoms with Crippen molar-refractivity contribution in [3.8, 4) is 0 Å². The van der Waals surface area contributed by atoms with E-state index in [1.165, 1.54) is 0 Å². The summed E-state index contributed by atoms with van der Waals surface area (Å²) >= 11 is 0. The molecular formula is C13H24O2. The lowest BCUT2D eigenvalue weighted by Crippen LogP contribution is -2.30. The van der Waals surface area contributed by atoms with Crippen LogP contribution in [0.3, 0.4) is 0 Å². The van der Waals surface area contributed by atoms with Crippen molar-refractivity contribution in [2.75, 3.05) is 13.2 Å². The van der Waals surface area contributed by atoms with Crippen LogP contribution >= 0.6 is 0 Å². The maximum absolute atomic E-state index is 10.4. The largest absolute Gasteiger partial charge is 0.393 e. The van der Waals surface area contributed by atoms with Crippen LogP contribution in [0.4, 0.5) is 0 Å². The van der Waals surface area contributed by atoms with E-state index in [4.69, 9.17) is 4.74 Å². The van der Waals surface area contributed by atoms with E-state index >= 15 is 0 Å². The normalized spacial score (nSPS) is 32.6. The minimum absolute atomic E-state index is 0.126. The number of hydrogen-bond acceptors (Lipinski definition) is 2. The number of rotatable bonds is 2. The van der Waals surface area contributed by atoms with Crippen molar-refractivity contribution in [1.29, 1.82) is 0 Å². The molecular weight excluding hydrogens is 188 g/mol. The second-order valence-corrected chi connectivity index (χ2v) is 6.36. The zero-order valence-electron chi connectivity index (χ0n) is 10.4. The number of aliphatic hydroxyl groups excluding tert-OH is 1. The van der Waals surface area contributed by atoms with E-state index in [2.05, 4.69) is 27.7 Å². The minimum atomic E-state index is -0.126.